The second-order valence-corrected chi connectivity index (χ2v) is 4.40. The molecular weight excluding hydrogens is 300 g/mol. The van der Waals surface area contributed by atoms with Crippen LogP contribution in [0.5, 0.6) is 5.75 Å². The number of hydrogen-bond acceptors (Lipinski definition) is 5. The molecule has 0 aliphatic rings. The highest BCUT2D eigenvalue weighted by Gasteiger charge is 2.20. The third kappa shape index (κ3) is 3.46. The highest BCUT2D eigenvalue weighted by molar-refractivity contribution is 6.31. The van der Waals surface area contributed by atoms with Crippen molar-refractivity contribution in [3.8, 4) is 5.75 Å². The third-order valence-electron chi connectivity index (χ3n) is 2.65. The van der Waals surface area contributed by atoms with E-state index in [1.54, 1.807) is 12.3 Å². The molecule has 0 aliphatic carbocycles. The average molecular weight is 309 g/mol. The number of pyridine rings is 1. The number of ether oxygens (including phenoxy) is 1. The van der Waals surface area contributed by atoms with Gasteiger partial charge < -0.3 is 9.84 Å². The fourth-order valence-corrected chi connectivity index (χ4v) is 1.79. The van der Waals surface area contributed by atoms with Crippen LogP contribution >= 0.6 is 11.6 Å². The fourth-order valence-electron chi connectivity index (χ4n) is 1.62. The van der Waals surface area contributed by atoms with E-state index >= 15 is 0 Å². The molecule has 0 fully saturated rings. The monoisotopic (exact) mass is 308 g/mol. The van der Waals surface area contributed by atoms with Gasteiger partial charge in [-0.05, 0) is 12.1 Å². The smallest absolute Gasteiger partial charge is 0.342 e. The minimum atomic E-state index is -1.39. The van der Waals surface area contributed by atoms with Gasteiger partial charge in [-0.1, -0.05) is 11.6 Å². The van der Waals surface area contributed by atoms with E-state index in [1.807, 2.05) is 0 Å². The van der Waals surface area contributed by atoms with E-state index in [4.69, 9.17) is 21.4 Å². The summed E-state index contributed by atoms with van der Waals surface area (Å²) < 4.78 is 5.40. The molecular formula is C13H9ClN2O5. The number of carboxylic acid groups (broad SMARTS) is 1. The van der Waals surface area contributed by atoms with Crippen molar-refractivity contribution in [1.29, 1.82) is 0 Å². The number of halogens is 1. The van der Waals surface area contributed by atoms with Crippen LogP contribution in [0.2, 0.25) is 5.02 Å². The van der Waals surface area contributed by atoms with Crippen LogP contribution in [0.15, 0.2) is 36.7 Å². The molecule has 1 heterocycles. The Balaban J connectivity index is 2.22. The predicted octanol–water partition coefficient (Wildman–Crippen LogP) is 2.92. The molecule has 0 spiro atoms. The lowest BCUT2D eigenvalue weighted by Gasteiger charge is -2.08. The topological polar surface area (TPSA) is 103 Å². The van der Waals surface area contributed by atoms with Gasteiger partial charge in [-0.3, -0.25) is 15.1 Å². The molecule has 1 aromatic heterocycles. The summed E-state index contributed by atoms with van der Waals surface area (Å²) in [6.45, 7) is 0.0955. The van der Waals surface area contributed by atoms with Crippen molar-refractivity contribution >= 4 is 23.3 Å². The van der Waals surface area contributed by atoms with Crippen molar-refractivity contribution in [2.24, 2.45) is 0 Å². The van der Waals surface area contributed by atoms with Crippen LogP contribution in [-0.4, -0.2) is 21.0 Å². The molecule has 2 aromatic rings. The number of carboxylic acids is 1. The molecule has 1 aromatic carbocycles. The molecule has 0 unspecified atom stereocenters. The summed E-state index contributed by atoms with van der Waals surface area (Å²) in [5, 5.41) is 20.1. The number of nitro benzene ring substituents is 1. The standard InChI is InChI=1S/C13H9ClN2O5/c14-11-6-15-4-3-8(11)7-21-9-1-2-12(16(19)20)10(5-9)13(17)18/h1-6H,7H2,(H,17,18). The lowest BCUT2D eigenvalue weighted by molar-refractivity contribution is -0.385. The Morgan fingerprint density at radius 2 is 2.19 bits per heavy atom. The van der Waals surface area contributed by atoms with Crippen LogP contribution in [-0.2, 0) is 6.61 Å². The maximum atomic E-state index is 11.0. The lowest BCUT2D eigenvalue weighted by Crippen LogP contribution is -2.04. The summed E-state index contributed by atoms with van der Waals surface area (Å²) in [6, 6.07) is 5.19. The summed E-state index contributed by atoms with van der Waals surface area (Å²) in [5.74, 6) is -1.19. The van der Waals surface area contributed by atoms with E-state index in [0.717, 1.165) is 12.1 Å². The van der Waals surface area contributed by atoms with Crippen LogP contribution < -0.4 is 4.74 Å². The molecule has 108 valence electrons. The Kier molecular flexibility index (Phi) is 4.34. The first-order chi connectivity index (χ1) is 9.99. The van der Waals surface area contributed by atoms with Gasteiger partial charge in [-0.2, -0.15) is 0 Å². The SMILES string of the molecule is O=C(O)c1cc(OCc2ccncc2Cl)ccc1[N+](=O)[O-]. The van der Waals surface area contributed by atoms with Gasteiger partial charge >= 0.3 is 5.97 Å². The van der Waals surface area contributed by atoms with E-state index in [9.17, 15) is 14.9 Å². The van der Waals surface area contributed by atoms with Crippen molar-refractivity contribution < 1.29 is 19.6 Å². The Morgan fingerprint density at radius 1 is 1.43 bits per heavy atom. The predicted molar refractivity (Wildman–Crippen MR) is 73.6 cm³/mol. The molecule has 8 heteroatoms. The summed E-state index contributed by atoms with van der Waals surface area (Å²) in [5.41, 5.74) is -0.253. The van der Waals surface area contributed by atoms with E-state index in [2.05, 4.69) is 4.98 Å². The van der Waals surface area contributed by atoms with Gasteiger partial charge in [-0.25, -0.2) is 4.79 Å². The first kappa shape index (κ1) is 14.7. The zero-order chi connectivity index (χ0) is 15.4. The number of carbonyl (C=O) groups is 1. The summed E-state index contributed by atoms with van der Waals surface area (Å²) in [4.78, 5) is 24.8. The van der Waals surface area contributed by atoms with Gasteiger partial charge in [-0.15, -0.1) is 0 Å². The number of nitrogens with zero attached hydrogens (tertiary/aromatic N) is 2. The quantitative estimate of drug-likeness (QED) is 0.673. The number of benzene rings is 1. The summed E-state index contributed by atoms with van der Waals surface area (Å²) in [6.07, 6.45) is 3.00. The fraction of sp³-hybridized carbons (Fsp3) is 0.0769. The lowest BCUT2D eigenvalue weighted by atomic mass is 10.1. The van der Waals surface area contributed by atoms with Crippen molar-refractivity contribution in [3.63, 3.8) is 0 Å². The number of rotatable bonds is 5. The Morgan fingerprint density at radius 3 is 2.81 bits per heavy atom. The highest BCUT2D eigenvalue weighted by atomic mass is 35.5. The summed E-state index contributed by atoms with van der Waals surface area (Å²) in [7, 11) is 0. The molecule has 21 heavy (non-hydrogen) atoms. The van der Waals surface area contributed by atoms with E-state index in [1.165, 1.54) is 12.3 Å². The molecule has 0 saturated heterocycles. The van der Waals surface area contributed by atoms with Crippen LogP contribution in [0.1, 0.15) is 15.9 Å². The first-order valence-electron chi connectivity index (χ1n) is 5.72. The molecule has 1 N–H and O–H groups in total. The number of nitro groups is 1. The second-order valence-electron chi connectivity index (χ2n) is 4.00. The maximum absolute atomic E-state index is 11.0. The number of aromatic carboxylic acids is 1. The first-order valence-corrected chi connectivity index (χ1v) is 6.09. The summed E-state index contributed by atoms with van der Waals surface area (Å²) >= 11 is 5.91. The van der Waals surface area contributed by atoms with Gasteiger partial charge in [0, 0.05) is 30.1 Å². The van der Waals surface area contributed by atoms with Gasteiger partial charge in [0.25, 0.3) is 5.69 Å². The molecule has 2 rings (SSSR count). The zero-order valence-electron chi connectivity index (χ0n) is 10.5. The second kappa shape index (κ2) is 6.19. The van der Waals surface area contributed by atoms with Crippen molar-refractivity contribution in [2.75, 3.05) is 0 Å². The normalized spacial score (nSPS) is 10.1. The molecule has 0 saturated carbocycles. The van der Waals surface area contributed by atoms with Crippen LogP contribution in [0, 0.1) is 10.1 Å². The zero-order valence-corrected chi connectivity index (χ0v) is 11.3. The molecule has 0 bridgehead atoms. The van der Waals surface area contributed by atoms with Crippen LogP contribution in [0.25, 0.3) is 0 Å². The van der Waals surface area contributed by atoms with Crippen molar-refractivity contribution in [2.45, 2.75) is 6.61 Å². The van der Waals surface area contributed by atoms with Crippen LogP contribution in [0.3, 0.4) is 0 Å². The minimum absolute atomic E-state index is 0.0955. The minimum Gasteiger partial charge on any atom is -0.489 e. The van der Waals surface area contributed by atoms with Gasteiger partial charge in [0.1, 0.15) is 17.9 Å². The van der Waals surface area contributed by atoms with E-state index in [-0.39, 0.29) is 12.4 Å². The third-order valence-corrected chi connectivity index (χ3v) is 2.99. The molecule has 0 radical (unpaired) electrons. The molecule has 7 nitrogen and oxygen atoms in total. The maximum Gasteiger partial charge on any atom is 0.342 e. The van der Waals surface area contributed by atoms with Crippen molar-refractivity contribution in [3.05, 3.63) is 62.9 Å². The van der Waals surface area contributed by atoms with Gasteiger partial charge in [0.2, 0.25) is 0 Å². The van der Waals surface area contributed by atoms with E-state index in [0.29, 0.717) is 10.6 Å². The molecule has 0 atom stereocenters. The largest absolute Gasteiger partial charge is 0.489 e. The highest BCUT2D eigenvalue weighted by Crippen LogP contribution is 2.25. The van der Waals surface area contributed by atoms with E-state index < -0.39 is 22.1 Å². The molecule has 0 amide bonds. The average Bonchev–Trinajstić information content (AvgIpc) is 2.46. The van der Waals surface area contributed by atoms with Gasteiger partial charge in [0.15, 0.2) is 0 Å². The Labute approximate surface area is 123 Å². The number of aromatic nitrogens is 1. The van der Waals surface area contributed by atoms with Crippen molar-refractivity contribution in [1.82, 2.24) is 4.98 Å². The molecule has 0 aliphatic heterocycles. The Bertz CT molecular complexity index is 705. The van der Waals surface area contributed by atoms with Crippen LogP contribution in [0.4, 0.5) is 5.69 Å². The number of hydrogen-bond donors (Lipinski definition) is 1. The van der Waals surface area contributed by atoms with Gasteiger partial charge in [0.05, 0.1) is 9.95 Å². The Hall–Kier alpha value is -2.67.